The fourth-order valence-corrected chi connectivity index (χ4v) is 7.27. The van der Waals surface area contributed by atoms with Crippen LogP contribution in [0.25, 0.3) is 11.3 Å². The number of hydrogen-bond donors (Lipinski definition) is 0. The van der Waals surface area contributed by atoms with Crippen molar-refractivity contribution in [2.24, 2.45) is 7.05 Å². The van der Waals surface area contributed by atoms with E-state index in [9.17, 15) is 9.59 Å². The van der Waals surface area contributed by atoms with E-state index in [4.69, 9.17) is 4.74 Å². The smallest absolute Gasteiger partial charge is 0.260 e. The van der Waals surface area contributed by atoms with Gasteiger partial charge in [0, 0.05) is 61.9 Å². The van der Waals surface area contributed by atoms with Crippen molar-refractivity contribution in [3.05, 3.63) is 148 Å². The summed E-state index contributed by atoms with van der Waals surface area (Å²) in [7, 11) is 1.90. The molecule has 7 rings (SSSR count). The normalized spacial score (nSPS) is 16.2. The number of carbonyl (C=O) groups excluding carboxylic acids is 2. The lowest BCUT2D eigenvalue weighted by molar-refractivity contribution is 0.0193. The van der Waals surface area contributed by atoms with Gasteiger partial charge in [-0.15, -0.1) is 0 Å². The Labute approximate surface area is 293 Å². The molecule has 0 spiro atoms. The summed E-state index contributed by atoms with van der Waals surface area (Å²) in [5.74, 6) is -0.794. The topological polar surface area (TPSA) is 58.0 Å². The van der Waals surface area contributed by atoms with Gasteiger partial charge in [-0.05, 0) is 72.9 Å². The van der Waals surface area contributed by atoms with Crippen LogP contribution in [0.3, 0.4) is 0 Å². The molecule has 2 aliphatic rings. The summed E-state index contributed by atoms with van der Waals surface area (Å²) in [5.41, 5.74) is 7.46. The lowest BCUT2D eigenvalue weighted by Gasteiger charge is -2.40. The highest BCUT2D eigenvalue weighted by molar-refractivity contribution is 6.08. The Hall–Kier alpha value is -5.05. The molecule has 3 heterocycles. The number of fused-ring (bicyclic) bond motifs is 1. The summed E-state index contributed by atoms with van der Waals surface area (Å²) in [5, 5.41) is 0. The predicted molar refractivity (Wildman–Crippen MR) is 195 cm³/mol. The molecule has 0 aliphatic carbocycles. The molecule has 5 aromatic rings. The second kappa shape index (κ2) is 14.4. The lowest BCUT2D eigenvalue weighted by Crippen LogP contribution is -2.52. The van der Waals surface area contributed by atoms with E-state index in [1.165, 1.54) is 11.6 Å². The molecule has 1 fully saturated rings. The van der Waals surface area contributed by atoms with E-state index in [0.717, 1.165) is 42.0 Å². The highest BCUT2D eigenvalue weighted by Gasteiger charge is 2.34. The second-order valence-electron chi connectivity index (χ2n) is 13.4. The number of anilines is 1. The fourth-order valence-electron chi connectivity index (χ4n) is 7.27. The zero-order valence-corrected chi connectivity index (χ0v) is 28.9. The van der Waals surface area contributed by atoms with Gasteiger partial charge >= 0.3 is 0 Å². The van der Waals surface area contributed by atoms with Gasteiger partial charge in [0.05, 0.1) is 30.9 Å². The molecule has 50 heavy (non-hydrogen) atoms. The van der Waals surface area contributed by atoms with Crippen molar-refractivity contribution >= 4 is 17.5 Å². The number of rotatable bonds is 8. The van der Waals surface area contributed by atoms with E-state index in [1.807, 2.05) is 102 Å². The molecule has 1 atom stereocenters. The molecule has 7 nitrogen and oxygen atoms in total. The zero-order valence-electron chi connectivity index (χ0n) is 28.9. The summed E-state index contributed by atoms with van der Waals surface area (Å²) >= 11 is 0. The molecule has 0 saturated carbocycles. The molecule has 1 aromatic heterocycles. The maximum Gasteiger partial charge on any atom is 0.260 e. The number of aryl methyl sites for hydroxylation is 1. The third-order valence-electron chi connectivity index (χ3n) is 10.3. The molecule has 256 valence electrons. The van der Waals surface area contributed by atoms with Crippen molar-refractivity contribution in [2.45, 2.75) is 39.4 Å². The molecule has 8 heteroatoms. The van der Waals surface area contributed by atoms with E-state index >= 15 is 4.39 Å². The lowest BCUT2D eigenvalue weighted by atomic mass is 9.91. The minimum absolute atomic E-state index is 0.0857. The first kappa shape index (κ1) is 33.4. The standard InChI is InChI=1S/C42H43FN4O3/c1-29-22-37(40-25-36(30(2)44(40)3)41(48)46(34-16-8-5-9-17-34)26-31-12-6-4-7-13-31)38(24-39(29)43)42(49)47-27-33-15-11-10-14-32(33)23-35(47)28-45-18-20-50-21-19-45/h4-17,22,24-25,35H,18-21,23,26-28H2,1-3H3. The van der Waals surface area contributed by atoms with Crippen LogP contribution in [0.5, 0.6) is 0 Å². The maximum absolute atomic E-state index is 15.5. The molecule has 4 aromatic carbocycles. The molecule has 2 aliphatic heterocycles. The first-order valence-electron chi connectivity index (χ1n) is 17.3. The van der Waals surface area contributed by atoms with Gasteiger partial charge in [-0.3, -0.25) is 14.5 Å². The molecule has 2 amide bonds. The number of nitrogens with zero attached hydrogens (tertiary/aromatic N) is 4. The average Bonchev–Trinajstić information content (AvgIpc) is 3.45. The van der Waals surface area contributed by atoms with Crippen LogP contribution in [0.2, 0.25) is 0 Å². The van der Waals surface area contributed by atoms with Gasteiger partial charge in [0.25, 0.3) is 11.8 Å². The number of para-hydroxylation sites is 1. The molecule has 0 bridgehead atoms. The number of ether oxygens (including phenoxy) is 1. The summed E-state index contributed by atoms with van der Waals surface area (Å²) < 4.78 is 23.0. The molecule has 1 saturated heterocycles. The third kappa shape index (κ3) is 6.73. The molecular weight excluding hydrogens is 627 g/mol. The van der Waals surface area contributed by atoms with Crippen LogP contribution in [0, 0.1) is 19.7 Å². The van der Waals surface area contributed by atoms with Crippen molar-refractivity contribution in [2.75, 3.05) is 37.7 Å². The van der Waals surface area contributed by atoms with Crippen LogP contribution < -0.4 is 4.90 Å². The van der Waals surface area contributed by atoms with E-state index in [-0.39, 0.29) is 17.9 Å². The van der Waals surface area contributed by atoms with E-state index in [0.29, 0.717) is 60.8 Å². The van der Waals surface area contributed by atoms with Crippen LogP contribution >= 0.6 is 0 Å². The van der Waals surface area contributed by atoms with Gasteiger partial charge in [-0.25, -0.2) is 4.39 Å². The summed E-state index contributed by atoms with van der Waals surface area (Å²) in [4.78, 5) is 35.3. The van der Waals surface area contributed by atoms with E-state index < -0.39 is 5.82 Å². The van der Waals surface area contributed by atoms with Gasteiger partial charge in [0.1, 0.15) is 5.82 Å². The van der Waals surface area contributed by atoms with Gasteiger partial charge in [-0.2, -0.15) is 0 Å². The summed E-state index contributed by atoms with van der Waals surface area (Å²) in [6.45, 7) is 8.16. The second-order valence-corrected chi connectivity index (χ2v) is 13.4. The minimum atomic E-state index is -0.431. The Balaban J connectivity index is 1.27. The zero-order chi connectivity index (χ0) is 34.8. The third-order valence-corrected chi connectivity index (χ3v) is 10.3. The first-order valence-corrected chi connectivity index (χ1v) is 17.3. The Kier molecular flexibility index (Phi) is 9.65. The molecule has 1 unspecified atom stereocenters. The molecular formula is C42H43FN4O3. The number of aromatic nitrogens is 1. The molecule has 0 N–H and O–H groups in total. The largest absolute Gasteiger partial charge is 0.379 e. The number of carbonyl (C=O) groups is 2. The Morgan fingerprint density at radius 3 is 2.22 bits per heavy atom. The average molecular weight is 671 g/mol. The summed E-state index contributed by atoms with van der Waals surface area (Å²) in [6, 6.07) is 32.7. The van der Waals surface area contributed by atoms with E-state index in [1.54, 1.807) is 17.9 Å². The number of halogens is 1. The van der Waals surface area contributed by atoms with Crippen LogP contribution in [0.15, 0.2) is 103 Å². The van der Waals surface area contributed by atoms with Crippen molar-refractivity contribution in [1.82, 2.24) is 14.4 Å². The number of hydrogen-bond acceptors (Lipinski definition) is 4. The van der Waals surface area contributed by atoms with Crippen LogP contribution in [0.1, 0.15) is 48.7 Å². The van der Waals surface area contributed by atoms with Crippen LogP contribution in [-0.2, 0) is 31.3 Å². The number of morpholine rings is 1. The minimum Gasteiger partial charge on any atom is -0.379 e. The monoisotopic (exact) mass is 670 g/mol. The van der Waals surface area contributed by atoms with Crippen molar-refractivity contribution in [1.29, 1.82) is 0 Å². The first-order chi connectivity index (χ1) is 24.3. The Morgan fingerprint density at radius 1 is 0.840 bits per heavy atom. The Morgan fingerprint density at radius 2 is 1.50 bits per heavy atom. The Bertz CT molecular complexity index is 2000. The maximum atomic E-state index is 15.5. The highest BCUT2D eigenvalue weighted by atomic mass is 19.1. The summed E-state index contributed by atoms with van der Waals surface area (Å²) in [6.07, 6.45) is 0.724. The van der Waals surface area contributed by atoms with Crippen molar-refractivity contribution in [3.63, 3.8) is 0 Å². The van der Waals surface area contributed by atoms with Crippen LogP contribution in [-0.4, -0.2) is 65.1 Å². The number of benzene rings is 4. The predicted octanol–water partition coefficient (Wildman–Crippen LogP) is 7.19. The fraction of sp³-hybridized carbons (Fsp3) is 0.286. The van der Waals surface area contributed by atoms with Crippen molar-refractivity contribution < 1.29 is 18.7 Å². The van der Waals surface area contributed by atoms with Gasteiger partial charge in [0.15, 0.2) is 0 Å². The van der Waals surface area contributed by atoms with Crippen LogP contribution in [0.4, 0.5) is 10.1 Å². The highest BCUT2D eigenvalue weighted by Crippen LogP contribution is 2.34. The quantitative estimate of drug-likeness (QED) is 0.175. The van der Waals surface area contributed by atoms with E-state index in [2.05, 4.69) is 17.0 Å². The van der Waals surface area contributed by atoms with Gasteiger partial charge in [-0.1, -0.05) is 72.8 Å². The van der Waals surface area contributed by atoms with Gasteiger partial charge in [0.2, 0.25) is 0 Å². The SMILES string of the molecule is Cc1cc(-c2cc(C(=O)N(Cc3ccccc3)c3ccccc3)c(C)n2C)c(C(=O)N2Cc3ccccc3CC2CN2CCOCC2)cc1F. The van der Waals surface area contributed by atoms with Crippen molar-refractivity contribution in [3.8, 4) is 11.3 Å². The number of amides is 2. The van der Waals surface area contributed by atoms with Gasteiger partial charge < -0.3 is 19.1 Å². The molecule has 0 radical (unpaired) electrons.